The summed E-state index contributed by atoms with van der Waals surface area (Å²) in [6, 6.07) is 5.11. The molecule has 0 fully saturated rings. The van der Waals surface area contributed by atoms with Gasteiger partial charge >= 0.3 is 0 Å². The zero-order valence-corrected chi connectivity index (χ0v) is 10.6. The molecule has 0 saturated heterocycles. The van der Waals surface area contributed by atoms with Crippen molar-refractivity contribution in [1.29, 1.82) is 0 Å². The Morgan fingerprint density at radius 2 is 2.00 bits per heavy atom. The maximum Gasteiger partial charge on any atom is 0.0295 e. The van der Waals surface area contributed by atoms with Crippen molar-refractivity contribution >= 4 is 11.8 Å². The number of hydrogen-bond acceptors (Lipinski definition) is 3. The van der Waals surface area contributed by atoms with Gasteiger partial charge in [-0.25, -0.2) is 0 Å². The summed E-state index contributed by atoms with van der Waals surface area (Å²) in [6.07, 6.45) is 7.07. The van der Waals surface area contributed by atoms with Crippen LogP contribution in [0.1, 0.15) is 31.9 Å². The average Bonchev–Trinajstić information content (AvgIpc) is 2.27. The second kappa shape index (κ2) is 6.85. The standard InChI is InChI=1S/C12H20N2S/c1-10(6-9-15-3)14-11(2)12-4-7-13-8-5-12/h4-5,7-8,10-11,14H,6,9H2,1-3H3. The smallest absolute Gasteiger partial charge is 0.0295 e. The van der Waals surface area contributed by atoms with Crippen LogP contribution in [-0.4, -0.2) is 23.0 Å². The minimum atomic E-state index is 0.407. The average molecular weight is 224 g/mol. The number of rotatable bonds is 6. The molecule has 1 aromatic heterocycles. The highest BCUT2D eigenvalue weighted by Gasteiger charge is 2.08. The van der Waals surface area contributed by atoms with Crippen molar-refractivity contribution in [1.82, 2.24) is 10.3 Å². The highest BCUT2D eigenvalue weighted by molar-refractivity contribution is 7.98. The van der Waals surface area contributed by atoms with Gasteiger partial charge in [0.15, 0.2) is 0 Å². The maximum atomic E-state index is 4.03. The second-order valence-corrected chi connectivity index (χ2v) is 4.84. The molecule has 3 heteroatoms. The molecule has 2 unspecified atom stereocenters. The zero-order chi connectivity index (χ0) is 11.1. The van der Waals surface area contributed by atoms with Gasteiger partial charge < -0.3 is 5.32 Å². The topological polar surface area (TPSA) is 24.9 Å². The molecule has 1 heterocycles. The summed E-state index contributed by atoms with van der Waals surface area (Å²) in [5, 5.41) is 3.59. The van der Waals surface area contributed by atoms with E-state index < -0.39 is 0 Å². The lowest BCUT2D eigenvalue weighted by Gasteiger charge is -2.19. The first-order valence-electron chi connectivity index (χ1n) is 5.39. The van der Waals surface area contributed by atoms with Crippen LogP contribution in [0, 0.1) is 0 Å². The summed E-state index contributed by atoms with van der Waals surface area (Å²) < 4.78 is 0. The van der Waals surface area contributed by atoms with Gasteiger partial charge in [-0.1, -0.05) is 0 Å². The maximum absolute atomic E-state index is 4.03. The third-order valence-corrected chi connectivity index (χ3v) is 3.14. The first-order valence-corrected chi connectivity index (χ1v) is 6.78. The minimum absolute atomic E-state index is 0.407. The predicted molar refractivity (Wildman–Crippen MR) is 68.2 cm³/mol. The quantitative estimate of drug-likeness (QED) is 0.804. The summed E-state index contributed by atoms with van der Waals surface area (Å²) in [6.45, 7) is 4.44. The fraction of sp³-hybridized carbons (Fsp3) is 0.583. The molecule has 84 valence electrons. The summed E-state index contributed by atoms with van der Waals surface area (Å²) >= 11 is 1.90. The second-order valence-electron chi connectivity index (χ2n) is 3.85. The van der Waals surface area contributed by atoms with Gasteiger partial charge in [0.05, 0.1) is 0 Å². The zero-order valence-electron chi connectivity index (χ0n) is 9.73. The van der Waals surface area contributed by atoms with Gasteiger partial charge in [0, 0.05) is 24.5 Å². The molecule has 2 atom stereocenters. The first kappa shape index (κ1) is 12.5. The van der Waals surface area contributed by atoms with Crippen LogP contribution in [0.3, 0.4) is 0 Å². The fourth-order valence-corrected chi connectivity index (χ4v) is 2.14. The van der Waals surface area contributed by atoms with Gasteiger partial charge in [0.25, 0.3) is 0 Å². The van der Waals surface area contributed by atoms with E-state index in [0.29, 0.717) is 12.1 Å². The van der Waals surface area contributed by atoms with E-state index in [1.165, 1.54) is 17.7 Å². The van der Waals surface area contributed by atoms with E-state index in [-0.39, 0.29) is 0 Å². The van der Waals surface area contributed by atoms with Crippen molar-refractivity contribution in [2.75, 3.05) is 12.0 Å². The molecule has 0 amide bonds. The predicted octanol–water partition coefficient (Wildman–Crippen LogP) is 2.87. The van der Waals surface area contributed by atoms with Gasteiger partial charge in [-0.15, -0.1) is 0 Å². The van der Waals surface area contributed by atoms with Gasteiger partial charge in [-0.2, -0.15) is 11.8 Å². The number of hydrogen-bond donors (Lipinski definition) is 1. The Balaban J connectivity index is 2.38. The molecule has 0 saturated carbocycles. The highest BCUT2D eigenvalue weighted by atomic mass is 32.2. The normalized spacial score (nSPS) is 14.9. The lowest BCUT2D eigenvalue weighted by molar-refractivity contribution is 0.471. The summed E-state index contributed by atoms with van der Waals surface area (Å²) in [4.78, 5) is 4.03. The van der Waals surface area contributed by atoms with E-state index in [4.69, 9.17) is 0 Å². The van der Waals surface area contributed by atoms with Crippen LogP contribution in [0.5, 0.6) is 0 Å². The molecule has 2 nitrogen and oxygen atoms in total. The van der Waals surface area contributed by atoms with Crippen LogP contribution in [0.2, 0.25) is 0 Å². The Morgan fingerprint density at radius 1 is 1.33 bits per heavy atom. The SMILES string of the molecule is CSCCC(C)NC(C)c1ccncc1. The molecule has 15 heavy (non-hydrogen) atoms. The van der Waals surface area contributed by atoms with E-state index in [2.05, 4.69) is 42.5 Å². The van der Waals surface area contributed by atoms with E-state index >= 15 is 0 Å². The van der Waals surface area contributed by atoms with Gasteiger partial charge in [-0.3, -0.25) is 4.98 Å². The molecule has 0 aliphatic rings. The Labute approximate surface area is 96.9 Å². The van der Waals surface area contributed by atoms with E-state index in [1.807, 2.05) is 24.2 Å². The summed E-state index contributed by atoms with van der Waals surface area (Å²) in [7, 11) is 0. The number of nitrogens with one attached hydrogen (secondary N) is 1. The van der Waals surface area contributed by atoms with E-state index in [0.717, 1.165) is 0 Å². The Kier molecular flexibility index (Phi) is 5.73. The Morgan fingerprint density at radius 3 is 2.60 bits per heavy atom. The monoisotopic (exact) mass is 224 g/mol. The molecule has 0 aromatic carbocycles. The van der Waals surface area contributed by atoms with Crippen molar-refractivity contribution < 1.29 is 0 Å². The molecular formula is C12H20N2S. The van der Waals surface area contributed by atoms with Crippen molar-refractivity contribution in [2.45, 2.75) is 32.4 Å². The molecule has 1 N–H and O–H groups in total. The van der Waals surface area contributed by atoms with Crippen LogP contribution in [0.4, 0.5) is 0 Å². The highest BCUT2D eigenvalue weighted by Crippen LogP contribution is 2.12. The van der Waals surface area contributed by atoms with Crippen LogP contribution in [0.25, 0.3) is 0 Å². The third kappa shape index (κ3) is 4.67. The van der Waals surface area contributed by atoms with Crippen molar-refractivity contribution in [3.8, 4) is 0 Å². The van der Waals surface area contributed by atoms with E-state index in [1.54, 1.807) is 0 Å². The van der Waals surface area contributed by atoms with Crippen molar-refractivity contribution in [3.63, 3.8) is 0 Å². The molecule has 1 aromatic rings. The fourth-order valence-electron chi connectivity index (χ4n) is 1.55. The molecular weight excluding hydrogens is 204 g/mol. The Hall–Kier alpha value is -0.540. The number of pyridine rings is 1. The lowest BCUT2D eigenvalue weighted by atomic mass is 10.1. The largest absolute Gasteiger partial charge is 0.308 e. The third-order valence-electron chi connectivity index (χ3n) is 2.50. The summed E-state index contributed by atoms with van der Waals surface area (Å²) in [5.74, 6) is 1.22. The number of aromatic nitrogens is 1. The molecule has 0 aliphatic carbocycles. The van der Waals surface area contributed by atoms with Crippen LogP contribution in [0.15, 0.2) is 24.5 Å². The molecule has 0 spiro atoms. The lowest BCUT2D eigenvalue weighted by Crippen LogP contribution is -2.29. The van der Waals surface area contributed by atoms with Crippen LogP contribution in [-0.2, 0) is 0 Å². The van der Waals surface area contributed by atoms with Crippen LogP contribution >= 0.6 is 11.8 Å². The van der Waals surface area contributed by atoms with E-state index in [9.17, 15) is 0 Å². The summed E-state index contributed by atoms with van der Waals surface area (Å²) in [5.41, 5.74) is 1.31. The number of thioether (sulfide) groups is 1. The van der Waals surface area contributed by atoms with Gasteiger partial charge in [0.1, 0.15) is 0 Å². The molecule has 0 radical (unpaired) electrons. The molecule has 0 aliphatic heterocycles. The van der Waals surface area contributed by atoms with Gasteiger partial charge in [-0.05, 0) is 50.0 Å². The number of nitrogens with zero attached hydrogens (tertiary/aromatic N) is 1. The van der Waals surface area contributed by atoms with Gasteiger partial charge in [0.2, 0.25) is 0 Å². The minimum Gasteiger partial charge on any atom is -0.308 e. The Bertz CT molecular complexity index is 264. The molecule has 0 bridgehead atoms. The van der Waals surface area contributed by atoms with Crippen molar-refractivity contribution in [2.24, 2.45) is 0 Å². The first-order chi connectivity index (χ1) is 7.24. The van der Waals surface area contributed by atoms with Crippen molar-refractivity contribution in [3.05, 3.63) is 30.1 Å². The molecule has 1 rings (SSSR count). The van der Waals surface area contributed by atoms with Crippen LogP contribution < -0.4 is 5.32 Å².